The van der Waals surface area contributed by atoms with Crippen LogP contribution in [0.15, 0.2) is 59.5 Å². The molecule has 5 heterocycles. The number of halogens is 5. The number of ether oxygens (including phenoxy) is 2. The lowest BCUT2D eigenvalue weighted by Gasteiger charge is -2.28. The summed E-state index contributed by atoms with van der Waals surface area (Å²) in [5.74, 6) is 0.191. The van der Waals surface area contributed by atoms with E-state index in [2.05, 4.69) is 25.6 Å². The molecule has 1 spiro atoms. The third-order valence-corrected chi connectivity index (χ3v) is 11.7. The number of hydrogen-bond donors (Lipinski definition) is 2. The summed E-state index contributed by atoms with van der Waals surface area (Å²) in [6, 6.07) is 13.3. The maximum absolute atomic E-state index is 13.9. The zero-order valence-corrected chi connectivity index (χ0v) is 32.1. The lowest BCUT2D eigenvalue weighted by molar-refractivity contribution is -0.141. The van der Waals surface area contributed by atoms with Crippen LogP contribution in [0.2, 0.25) is 10.0 Å². The number of nitrogens with zero attached hydrogens (tertiary/aromatic N) is 6. The maximum atomic E-state index is 13.9. The second-order valence-electron chi connectivity index (χ2n) is 14.3. The lowest BCUT2D eigenvalue weighted by Crippen LogP contribution is -2.46. The van der Waals surface area contributed by atoms with Crippen molar-refractivity contribution in [3.8, 4) is 28.3 Å². The summed E-state index contributed by atoms with van der Waals surface area (Å²) < 4.78 is 53.7. The molecule has 292 valence electrons. The number of carbonyl (C=O) groups is 1. The highest BCUT2D eigenvalue weighted by Gasteiger charge is 2.49. The van der Waals surface area contributed by atoms with Crippen LogP contribution < -0.4 is 20.9 Å². The molecule has 12 nitrogen and oxygen atoms in total. The number of benzene rings is 2. The number of rotatable bonds is 9. The van der Waals surface area contributed by atoms with Gasteiger partial charge in [-0.05, 0) is 43.0 Å². The monoisotopic (exact) mass is 808 g/mol. The molecule has 3 aliphatic rings. The summed E-state index contributed by atoms with van der Waals surface area (Å²) >= 11 is 14.1. The molecule has 56 heavy (non-hydrogen) atoms. The van der Waals surface area contributed by atoms with Gasteiger partial charge in [-0.15, -0.1) is 0 Å². The van der Waals surface area contributed by atoms with Crippen LogP contribution in [-0.2, 0) is 24.4 Å². The van der Waals surface area contributed by atoms with Gasteiger partial charge in [0.05, 0.1) is 52.3 Å². The molecule has 17 heteroatoms. The molecule has 2 atom stereocenters. The largest absolute Gasteiger partial charge is 0.481 e. The third-order valence-electron chi connectivity index (χ3n) is 10.9. The molecule has 5 aromatic rings. The van der Waals surface area contributed by atoms with Gasteiger partial charge in [-0.1, -0.05) is 53.5 Å². The van der Waals surface area contributed by atoms with Crippen LogP contribution in [0.3, 0.4) is 0 Å². The molecule has 3 aromatic heterocycles. The summed E-state index contributed by atoms with van der Waals surface area (Å²) in [6.07, 6.45) is -1.08. The van der Waals surface area contributed by atoms with Gasteiger partial charge in [0.15, 0.2) is 0 Å². The SMILES string of the molecule is COCCN1C[C@]2(CCN([C@H]3CCc4cc(-c5cccc(-c6cccc(Nc7nc(C(F)(F)F)cc8cnn(C)c(=O)c78)c6Cl)c5Cl)nc(OC)c43)C2)NC1=O. The minimum Gasteiger partial charge on any atom is -0.481 e. The highest BCUT2D eigenvalue weighted by molar-refractivity contribution is 6.39. The number of methoxy groups -OCH3 is 2. The Morgan fingerprint density at radius 3 is 2.52 bits per heavy atom. The van der Waals surface area contributed by atoms with Crippen LogP contribution in [0, 0.1) is 0 Å². The van der Waals surface area contributed by atoms with Gasteiger partial charge in [0.1, 0.15) is 11.5 Å². The fourth-order valence-electron chi connectivity index (χ4n) is 8.20. The number of nitrogens with one attached hydrogen (secondary N) is 2. The predicted octanol–water partition coefficient (Wildman–Crippen LogP) is 7.24. The first kappa shape index (κ1) is 37.9. The summed E-state index contributed by atoms with van der Waals surface area (Å²) in [5.41, 5.74) is 2.50. The predicted molar refractivity (Wildman–Crippen MR) is 207 cm³/mol. The zero-order chi connectivity index (χ0) is 39.5. The van der Waals surface area contributed by atoms with E-state index in [0.29, 0.717) is 59.5 Å². The number of urea groups is 1. The van der Waals surface area contributed by atoms with Crippen LogP contribution in [0.25, 0.3) is 33.2 Å². The molecule has 1 aliphatic carbocycles. The van der Waals surface area contributed by atoms with E-state index in [-0.39, 0.29) is 44.9 Å². The summed E-state index contributed by atoms with van der Waals surface area (Å²) in [7, 11) is 4.63. The van der Waals surface area contributed by atoms with Crippen molar-refractivity contribution in [3.63, 3.8) is 0 Å². The maximum Gasteiger partial charge on any atom is 0.433 e. The number of carbonyl (C=O) groups excluding carboxylic acids is 1. The van der Waals surface area contributed by atoms with E-state index in [0.717, 1.165) is 47.7 Å². The van der Waals surface area contributed by atoms with E-state index < -0.39 is 17.4 Å². The van der Waals surface area contributed by atoms with Gasteiger partial charge in [-0.25, -0.2) is 19.4 Å². The number of aryl methyl sites for hydroxylation is 2. The van der Waals surface area contributed by atoms with E-state index in [9.17, 15) is 22.8 Å². The Kier molecular flexibility index (Phi) is 9.84. The van der Waals surface area contributed by atoms with Gasteiger partial charge in [0.25, 0.3) is 5.56 Å². The van der Waals surface area contributed by atoms with Crippen molar-refractivity contribution < 1.29 is 27.4 Å². The fraction of sp³-hybridized carbons (Fsp3) is 0.359. The molecule has 2 aromatic carbocycles. The average molecular weight is 810 g/mol. The molecular formula is C39H37Cl2F3N8O4. The molecular weight excluding hydrogens is 772 g/mol. The molecule has 2 aliphatic heterocycles. The van der Waals surface area contributed by atoms with E-state index in [1.807, 2.05) is 23.1 Å². The first-order valence-electron chi connectivity index (χ1n) is 18.0. The second-order valence-corrected chi connectivity index (χ2v) is 15.1. The Morgan fingerprint density at radius 1 is 1.02 bits per heavy atom. The molecule has 0 unspecified atom stereocenters. The number of pyridine rings is 2. The minimum absolute atomic E-state index is 0.0266. The molecule has 0 bridgehead atoms. The van der Waals surface area contributed by atoms with Gasteiger partial charge in [-0.3, -0.25) is 9.69 Å². The average Bonchev–Trinajstić information content (AvgIpc) is 3.88. The fourth-order valence-corrected chi connectivity index (χ4v) is 8.80. The highest BCUT2D eigenvalue weighted by Crippen LogP contribution is 2.47. The minimum atomic E-state index is -4.78. The summed E-state index contributed by atoms with van der Waals surface area (Å²) in [4.78, 5) is 38.8. The number of fused-ring (bicyclic) bond motifs is 2. The van der Waals surface area contributed by atoms with Crippen molar-refractivity contribution in [1.82, 2.24) is 34.9 Å². The first-order chi connectivity index (χ1) is 26.8. The van der Waals surface area contributed by atoms with Crippen molar-refractivity contribution in [3.05, 3.63) is 91.9 Å². The Balaban J connectivity index is 1.10. The standard InChI is InChI=1S/C39H37Cl2F3N8O4/c1-50-36(53)31-22(18-45-50)17-29(39(42,43)44)48-34(31)46-26-9-5-7-24(33(26)41)23-6-4-8-25(32(23)40)27-16-21-10-11-28(30(21)35(47-27)56-3)51-13-12-38(19-51)20-52(14-15-55-2)37(54)49-38/h4-9,16-18,28H,10-15,19-20H2,1-3H3,(H,46,48)(H,49,54)/t28-,38+/m0/s1. The number of aromatic nitrogens is 4. The molecule has 8 rings (SSSR count). The molecule has 2 N–H and O–H groups in total. The number of amides is 2. The zero-order valence-electron chi connectivity index (χ0n) is 30.6. The van der Waals surface area contributed by atoms with Gasteiger partial charge in [-0.2, -0.15) is 18.3 Å². The molecule has 2 fully saturated rings. The van der Waals surface area contributed by atoms with E-state index in [4.69, 9.17) is 37.7 Å². The molecule has 0 saturated carbocycles. The highest BCUT2D eigenvalue weighted by atomic mass is 35.5. The Labute approximate surface area is 329 Å². The van der Waals surface area contributed by atoms with Crippen molar-refractivity contribution >= 4 is 51.5 Å². The summed E-state index contributed by atoms with van der Waals surface area (Å²) in [5, 5.41) is 10.4. The van der Waals surface area contributed by atoms with Crippen LogP contribution >= 0.6 is 23.2 Å². The molecule has 2 saturated heterocycles. The van der Waals surface area contributed by atoms with E-state index >= 15 is 0 Å². The number of alkyl halides is 3. The number of hydrogen-bond acceptors (Lipinski definition) is 9. The van der Waals surface area contributed by atoms with E-state index in [1.165, 1.54) is 13.2 Å². The van der Waals surface area contributed by atoms with Crippen LogP contribution in [0.1, 0.15) is 35.7 Å². The smallest absolute Gasteiger partial charge is 0.433 e. The van der Waals surface area contributed by atoms with E-state index in [1.54, 1.807) is 38.5 Å². The Hall–Kier alpha value is -4.96. The van der Waals surface area contributed by atoms with Gasteiger partial charge in [0.2, 0.25) is 5.88 Å². The van der Waals surface area contributed by atoms with Crippen molar-refractivity contribution in [1.29, 1.82) is 0 Å². The topological polar surface area (TPSA) is 127 Å². The quantitative estimate of drug-likeness (QED) is 0.159. The van der Waals surface area contributed by atoms with Crippen molar-refractivity contribution in [2.75, 3.05) is 52.3 Å². The Bertz CT molecular complexity index is 2450. The van der Waals surface area contributed by atoms with Crippen molar-refractivity contribution in [2.24, 2.45) is 7.05 Å². The van der Waals surface area contributed by atoms with Crippen LogP contribution in [-0.4, -0.2) is 88.1 Å². The first-order valence-corrected chi connectivity index (χ1v) is 18.7. The van der Waals surface area contributed by atoms with Gasteiger partial charge < -0.3 is 25.0 Å². The normalized spacial score (nSPS) is 19.6. The number of likely N-dealkylation sites (tertiary alicyclic amines) is 1. The van der Waals surface area contributed by atoms with Gasteiger partial charge >= 0.3 is 12.2 Å². The van der Waals surface area contributed by atoms with Gasteiger partial charge in [0, 0.05) is 74.0 Å². The van der Waals surface area contributed by atoms with Crippen molar-refractivity contribution in [2.45, 2.75) is 37.0 Å². The van der Waals surface area contributed by atoms with Crippen LogP contribution in [0.5, 0.6) is 5.88 Å². The Morgan fingerprint density at radius 2 is 1.77 bits per heavy atom. The molecule has 0 radical (unpaired) electrons. The second kappa shape index (κ2) is 14.5. The lowest BCUT2D eigenvalue weighted by atomic mass is 9.99. The molecule has 2 amide bonds. The van der Waals surface area contributed by atoms with Crippen LogP contribution in [0.4, 0.5) is 29.5 Å². The summed E-state index contributed by atoms with van der Waals surface area (Å²) in [6.45, 7) is 3.20. The number of anilines is 2. The third kappa shape index (κ3) is 6.69.